The first-order valence-electron chi connectivity index (χ1n) is 10.8. The summed E-state index contributed by atoms with van der Waals surface area (Å²) in [7, 11) is 4.16. The number of amides is 2. The van der Waals surface area contributed by atoms with Crippen molar-refractivity contribution in [1.82, 2.24) is 14.9 Å². The van der Waals surface area contributed by atoms with Crippen molar-refractivity contribution in [2.24, 2.45) is 5.73 Å². The topological polar surface area (TPSA) is 101 Å². The molecule has 0 spiro atoms. The van der Waals surface area contributed by atoms with Crippen molar-refractivity contribution in [3.05, 3.63) is 76.6 Å². The highest BCUT2D eigenvalue weighted by Crippen LogP contribution is 2.51. The highest BCUT2D eigenvalue weighted by atomic mass is 35.5. The van der Waals surface area contributed by atoms with Crippen molar-refractivity contribution in [1.29, 1.82) is 0 Å². The summed E-state index contributed by atoms with van der Waals surface area (Å²) in [5.41, 5.74) is 8.70. The number of hydrogen-bond acceptors (Lipinski definition) is 5. The van der Waals surface area contributed by atoms with Crippen molar-refractivity contribution >= 4 is 29.1 Å². The lowest BCUT2D eigenvalue weighted by Crippen LogP contribution is -2.20. The number of nitrogens with one attached hydrogen (secondary N) is 1. The molecule has 33 heavy (non-hydrogen) atoms. The Morgan fingerprint density at radius 2 is 1.82 bits per heavy atom. The minimum atomic E-state index is -0.671. The monoisotopic (exact) mass is 463 g/mol. The molecule has 1 aliphatic rings. The molecule has 2 amide bonds. The summed E-state index contributed by atoms with van der Waals surface area (Å²) >= 11 is 5.94. The normalized spacial score (nSPS) is 14.2. The van der Waals surface area contributed by atoms with E-state index in [0.717, 1.165) is 13.0 Å². The molecular weight excluding hydrogens is 438 g/mol. The Hall–Kier alpha value is -3.29. The van der Waals surface area contributed by atoms with Gasteiger partial charge in [-0.1, -0.05) is 23.7 Å². The quantitative estimate of drug-likeness (QED) is 0.523. The molecule has 1 fully saturated rings. The zero-order chi connectivity index (χ0) is 23.6. The molecule has 8 heteroatoms. The fourth-order valence-electron chi connectivity index (χ4n) is 3.94. The highest BCUT2D eigenvalue weighted by Gasteiger charge is 2.43. The molecule has 3 N–H and O–H groups in total. The van der Waals surface area contributed by atoms with Crippen LogP contribution in [0.3, 0.4) is 0 Å². The third-order valence-corrected chi connectivity index (χ3v) is 6.30. The number of primary amides is 1. The summed E-state index contributed by atoms with van der Waals surface area (Å²) < 4.78 is 0. The van der Waals surface area contributed by atoms with Gasteiger partial charge in [-0.3, -0.25) is 19.6 Å². The number of benzene rings is 1. The predicted molar refractivity (Wildman–Crippen MR) is 129 cm³/mol. The largest absolute Gasteiger partial charge is 0.366 e. The Labute approximate surface area is 198 Å². The highest BCUT2D eigenvalue weighted by molar-refractivity contribution is 6.30. The molecule has 0 unspecified atom stereocenters. The van der Waals surface area contributed by atoms with Crippen molar-refractivity contribution < 1.29 is 9.59 Å². The van der Waals surface area contributed by atoms with Crippen LogP contribution < -0.4 is 11.1 Å². The molecule has 2 aromatic heterocycles. The first-order chi connectivity index (χ1) is 15.8. The van der Waals surface area contributed by atoms with Gasteiger partial charge in [0.25, 0.3) is 11.8 Å². The number of rotatable bonds is 8. The molecule has 0 saturated heterocycles. The van der Waals surface area contributed by atoms with Crippen LogP contribution in [0.1, 0.15) is 45.5 Å². The van der Waals surface area contributed by atoms with Gasteiger partial charge in [0.05, 0.1) is 22.0 Å². The van der Waals surface area contributed by atoms with Crippen molar-refractivity contribution in [2.45, 2.75) is 24.7 Å². The van der Waals surface area contributed by atoms with Crippen molar-refractivity contribution in [3.8, 4) is 11.4 Å². The predicted octanol–water partition coefficient (Wildman–Crippen LogP) is 4.13. The van der Waals surface area contributed by atoms with E-state index in [1.54, 1.807) is 12.1 Å². The van der Waals surface area contributed by atoms with Gasteiger partial charge in [0, 0.05) is 18.0 Å². The maximum absolute atomic E-state index is 13.1. The van der Waals surface area contributed by atoms with Gasteiger partial charge >= 0.3 is 0 Å². The molecule has 2 heterocycles. The van der Waals surface area contributed by atoms with Gasteiger partial charge in [-0.2, -0.15) is 0 Å². The second-order valence-electron chi connectivity index (χ2n) is 8.67. The van der Waals surface area contributed by atoms with Crippen LogP contribution in [-0.2, 0) is 5.41 Å². The number of halogens is 1. The van der Waals surface area contributed by atoms with Crippen LogP contribution in [0.4, 0.5) is 5.69 Å². The SMILES string of the molecule is CN(C)CCC1(c2ccc(C(=O)Nc3c(C(N)=O)ccnc3-c3ccc(Cl)cn3)cc2)CC1. The van der Waals surface area contributed by atoms with E-state index in [1.165, 1.54) is 36.9 Å². The molecule has 1 saturated carbocycles. The van der Waals surface area contributed by atoms with Gasteiger partial charge < -0.3 is 16.0 Å². The minimum absolute atomic E-state index is 0.155. The number of nitrogens with zero attached hydrogens (tertiary/aromatic N) is 3. The molecule has 1 aromatic carbocycles. The zero-order valence-electron chi connectivity index (χ0n) is 18.6. The average molecular weight is 464 g/mol. The Balaban J connectivity index is 1.59. The Kier molecular flexibility index (Phi) is 6.44. The third-order valence-electron chi connectivity index (χ3n) is 6.08. The smallest absolute Gasteiger partial charge is 0.255 e. The molecule has 3 aromatic rings. The summed E-state index contributed by atoms with van der Waals surface area (Å²) in [4.78, 5) is 35.9. The van der Waals surface area contributed by atoms with E-state index in [-0.39, 0.29) is 22.6 Å². The fraction of sp³-hybridized carbons (Fsp3) is 0.280. The first-order valence-corrected chi connectivity index (χ1v) is 11.1. The number of aromatic nitrogens is 2. The molecule has 4 rings (SSSR count). The van der Waals surface area contributed by atoms with E-state index in [4.69, 9.17) is 17.3 Å². The molecule has 0 radical (unpaired) electrons. The standard InChI is InChI=1S/C25H26ClN5O2/c1-31(2)14-12-25(10-11-25)17-5-3-16(4-6-17)24(33)30-21-19(23(27)32)9-13-28-22(21)20-8-7-18(26)15-29-20/h3-9,13,15H,10-12,14H2,1-2H3,(H2,27,32)(H,30,33). The minimum Gasteiger partial charge on any atom is -0.366 e. The number of carbonyl (C=O) groups is 2. The molecule has 0 atom stereocenters. The number of nitrogens with two attached hydrogens (primary N) is 1. The van der Waals surface area contributed by atoms with E-state index >= 15 is 0 Å². The lowest BCUT2D eigenvalue weighted by molar-refractivity contribution is 0.100. The van der Waals surface area contributed by atoms with Gasteiger partial charge in [-0.15, -0.1) is 0 Å². The maximum Gasteiger partial charge on any atom is 0.255 e. The Bertz CT molecular complexity index is 1170. The molecule has 0 aliphatic heterocycles. The van der Waals surface area contributed by atoms with Gasteiger partial charge in [-0.05, 0) is 81.2 Å². The van der Waals surface area contributed by atoms with Crippen LogP contribution in [0.15, 0.2) is 54.9 Å². The first kappa shape index (κ1) is 22.9. The average Bonchev–Trinajstić information content (AvgIpc) is 3.60. The third kappa shape index (κ3) is 5.05. The van der Waals surface area contributed by atoms with Crippen LogP contribution in [-0.4, -0.2) is 47.3 Å². The van der Waals surface area contributed by atoms with Gasteiger partial charge in [0.2, 0.25) is 0 Å². The maximum atomic E-state index is 13.1. The van der Waals surface area contributed by atoms with Crippen LogP contribution in [0.5, 0.6) is 0 Å². The number of anilines is 1. The summed E-state index contributed by atoms with van der Waals surface area (Å²) in [6.45, 7) is 1.03. The van der Waals surface area contributed by atoms with E-state index in [9.17, 15) is 9.59 Å². The number of hydrogen-bond donors (Lipinski definition) is 2. The lowest BCUT2D eigenvalue weighted by Gasteiger charge is -2.19. The second kappa shape index (κ2) is 9.29. The van der Waals surface area contributed by atoms with E-state index in [2.05, 4.69) is 34.3 Å². The molecule has 0 bridgehead atoms. The summed E-state index contributed by atoms with van der Waals surface area (Å²) in [6, 6.07) is 12.5. The summed E-state index contributed by atoms with van der Waals surface area (Å²) in [5, 5.41) is 3.29. The molecule has 1 aliphatic carbocycles. The Morgan fingerprint density at radius 3 is 2.39 bits per heavy atom. The fourth-order valence-corrected chi connectivity index (χ4v) is 4.05. The second-order valence-corrected chi connectivity index (χ2v) is 9.11. The van der Waals surface area contributed by atoms with Crippen LogP contribution >= 0.6 is 11.6 Å². The van der Waals surface area contributed by atoms with Gasteiger partial charge in [-0.25, -0.2) is 0 Å². The lowest BCUT2D eigenvalue weighted by atomic mass is 9.91. The van der Waals surface area contributed by atoms with E-state index in [1.807, 2.05) is 24.3 Å². The van der Waals surface area contributed by atoms with Crippen molar-refractivity contribution in [3.63, 3.8) is 0 Å². The Morgan fingerprint density at radius 1 is 1.09 bits per heavy atom. The van der Waals surface area contributed by atoms with Gasteiger partial charge in [0.1, 0.15) is 5.69 Å². The van der Waals surface area contributed by atoms with Crippen molar-refractivity contribution in [2.75, 3.05) is 26.0 Å². The number of pyridine rings is 2. The number of carbonyl (C=O) groups excluding carboxylic acids is 2. The van der Waals surface area contributed by atoms with Crippen LogP contribution in [0.25, 0.3) is 11.4 Å². The van der Waals surface area contributed by atoms with E-state index < -0.39 is 5.91 Å². The van der Waals surface area contributed by atoms with Gasteiger partial charge in [0.15, 0.2) is 0 Å². The van der Waals surface area contributed by atoms with Crippen LogP contribution in [0.2, 0.25) is 5.02 Å². The molecular formula is C25H26ClN5O2. The zero-order valence-corrected chi connectivity index (χ0v) is 19.4. The summed E-state index contributed by atoms with van der Waals surface area (Å²) in [5.74, 6) is -1.03. The van der Waals surface area contributed by atoms with E-state index in [0.29, 0.717) is 22.0 Å². The van der Waals surface area contributed by atoms with Crippen LogP contribution in [0, 0.1) is 0 Å². The molecule has 7 nitrogen and oxygen atoms in total. The molecule has 170 valence electrons. The summed E-state index contributed by atoms with van der Waals surface area (Å²) in [6.07, 6.45) is 6.37.